The van der Waals surface area contributed by atoms with Crippen molar-refractivity contribution in [2.24, 2.45) is 10.8 Å². The number of hydrogen-bond donors (Lipinski definition) is 4. The maximum absolute atomic E-state index is 11.9. The molecule has 1 aliphatic carbocycles. The van der Waals surface area contributed by atoms with E-state index in [0.29, 0.717) is 25.9 Å². The lowest BCUT2D eigenvalue weighted by molar-refractivity contribution is -0.134. The minimum absolute atomic E-state index is 0.0360. The summed E-state index contributed by atoms with van der Waals surface area (Å²) in [6.07, 6.45) is 2.05. The van der Waals surface area contributed by atoms with Crippen LogP contribution in [0, 0.1) is 10.8 Å². The third-order valence-corrected chi connectivity index (χ3v) is 5.42. The van der Waals surface area contributed by atoms with E-state index in [1.807, 2.05) is 4.90 Å². The zero-order valence-electron chi connectivity index (χ0n) is 15.3. The lowest BCUT2D eigenvalue weighted by atomic mass is 9.62. The molecule has 2 aliphatic rings. The van der Waals surface area contributed by atoms with E-state index in [9.17, 15) is 19.2 Å². The molecule has 0 amide bonds. The standard InChI is InChI=1S/C16H26N6O4/c1-15(2)4-10(22-9-17-18-12(22)11(24)6-23)5-16(3,7-15)8-21-13(25)19-20-14(21)26/h6,10,12,17-18H,4-5,7-9H2,1-3H3,(H,19,25)(H,20,26). The molecule has 1 aliphatic heterocycles. The first kappa shape index (κ1) is 18.7. The van der Waals surface area contributed by atoms with Crippen molar-refractivity contribution >= 4 is 12.1 Å². The molecule has 2 fully saturated rings. The molecule has 0 spiro atoms. The molecule has 1 aromatic heterocycles. The molecule has 2 heterocycles. The summed E-state index contributed by atoms with van der Waals surface area (Å²) >= 11 is 0. The maximum atomic E-state index is 11.9. The van der Waals surface area contributed by atoms with E-state index in [2.05, 4.69) is 41.8 Å². The Balaban J connectivity index is 1.87. The Labute approximate surface area is 150 Å². The molecule has 10 nitrogen and oxygen atoms in total. The van der Waals surface area contributed by atoms with Crippen molar-refractivity contribution in [1.82, 2.24) is 30.5 Å². The summed E-state index contributed by atoms with van der Waals surface area (Å²) in [5.74, 6) is -0.515. The van der Waals surface area contributed by atoms with Crippen LogP contribution in [-0.2, 0) is 16.1 Å². The van der Waals surface area contributed by atoms with Gasteiger partial charge in [-0.3, -0.25) is 14.5 Å². The van der Waals surface area contributed by atoms with Gasteiger partial charge >= 0.3 is 11.4 Å². The lowest BCUT2D eigenvalue weighted by Gasteiger charge is -2.49. The zero-order chi connectivity index (χ0) is 19.1. The van der Waals surface area contributed by atoms with Crippen molar-refractivity contribution in [2.75, 3.05) is 6.67 Å². The number of rotatable bonds is 5. The number of carbonyl (C=O) groups excluding carboxylic acids is 2. The fourth-order valence-corrected chi connectivity index (χ4v) is 4.84. The summed E-state index contributed by atoms with van der Waals surface area (Å²) in [5.41, 5.74) is 4.55. The van der Waals surface area contributed by atoms with Crippen LogP contribution in [0.2, 0.25) is 0 Å². The first-order chi connectivity index (χ1) is 12.1. The Morgan fingerprint density at radius 3 is 2.46 bits per heavy atom. The van der Waals surface area contributed by atoms with E-state index in [4.69, 9.17) is 0 Å². The second-order valence-corrected chi connectivity index (χ2v) is 8.58. The molecule has 144 valence electrons. The third-order valence-electron chi connectivity index (χ3n) is 5.42. The number of H-pyrrole nitrogens is 2. The van der Waals surface area contributed by atoms with Crippen LogP contribution in [0.4, 0.5) is 0 Å². The van der Waals surface area contributed by atoms with Gasteiger partial charge in [0.15, 0.2) is 6.29 Å². The van der Waals surface area contributed by atoms with Crippen molar-refractivity contribution in [2.45, 2.75) is 58.8 Å². The normalized spacial score (nSPS) is 31.8. The van der Waals surface area contributed by atoms with E-state index >= 15 is 0 Å². The van der Waals surface area contributed by atoms with Gasteiger partial charge in [-0.15, -0.1) is 0 Å². The van der Waals surface area contributed by atoms with E-state index in [-0.39, 0.29) is 16.9 Å². The average molecular weight is 366 g/mol. The molecule has 0 radical (unpaired) electrons. The molecule has 0 bridgehead atoms. The Kier molecular flexibility index (Phi) is 4.76. The predicted octanol–water partition coefficient (Wildman–Crippen LogP) is -1.09. The van der Waals surface area contributed by atoms with Crippen molar-refractivity contribution in [3.05, 3.63) is 21.0 Å². The Morgan fingerprint density at radius 2 is 1.85 bits per heavy atom. The zero-order valence-corrected chi connectivity index (χ0v) is 15.3. The first-order valence-corrected chi connectivity index (χ1v) is 8.75. The number of aldehydes is 1. The van der Waals surface area contributed by atoms with Gasteiger partial charge in [-0.25, -0.2) is 35.2 Å². The number of hydrazine groups is 1. The molecule has 3 atom stereocenters. The summed E-state index contributed by atoms with van der Waals surface area (Å²) in [5, 5.41) is 4.63. The number of aromatic nitrogens is 3. The molecule has 1 saturated heterocycles. The molecule has 26 heavy (non-hydrogen) atoms. The SMILES string of the molecule is CC1(C)CC(N2CNNC2C(=O)C=O)CC(C)(Cn2c(=O)[nH][nH]c2=O)C1. The van der Waals surface area contributed by atoms with E-state index in [1.54, 1.807) is 0 Å². The Hall–Kier alpha value is -2.04. The van der Waals surface area contributed by atoms with E-state index < -0.39 is 23.3 Å². The van der Waals surface area contributed by atoms with Gasteiger partial charge in [0.25, 0.3) is 0 Å². The van der Waals surface area contributed by atoms with Gasteiger partial charge < -0.3 is 0 Å². The number of aromatic amines is 2. The monoisotopic (exact) mass is 366 g/mol. The summed E-state index contributed by atoms with van der Waals surface area (Å²) in [4.78, 5) is 48.6. The molecule has 4 N–H and O–H groups in total. The lowest BCUT2D eigenvalue weighted by Crippen LogP contribution is -2.54. The van der Waals surface area contributed by atoms with Crippen LogP contribution >= 0.6 is 0 Å². The van der Waals surface area contributed by atoms with Crippen molar-refractivity contribution < 1.29 is 9.59 Å². The number of ketones is 1. The third kappa shape index (κ3) is 3.57. The highest BCUT2D eigenvalue weighted by atomic mass is 16.2. The highest BCUT2D eigenvalue weighted by molar-refractivity contribution is 6.27. The van der Waals surface area contributed by atoms with E-state index in [1.165, 1.54) is 4.57 Å². The minimum Gasteiger partial charge on any atom is -0.294 e. The fourth-order valence-electron chi connectivity index (χ4n) is 4.84. The molecule has 3 unspecified atom stereocenters. The quantitative estimate of drug-likeness (QED) is 0.385. The van der Waals surface area contributed by atoms with Crippen LogP contribution in [0.25, 0.3) is 0 Å². The van der Waals surface area contributed by atoms with Crippen LogP contribution < -0.4 is 22.2 Å². The van der Waals surface area contributed by atoms with Gasteiger partial charge in [0.1, 0.15) is 6.17 Å². The van der Waals surface area contributed by atoms with Crippen LogP contribution in [0.15, 0.2) is 9.59 Å². The summed E-state index contributed by atoms with van der Waals surface area (Å²) in [7, 11) is 0. The van der Waals surface area contributed by atoms with Crippen LogP contribution in [0.5, 0.6) is 0 Å². The van der Waals surface area contributed by atoms with Gasteiger partial charge in [0.05, 0.1) is 6.67 Å². The molecular weight excluding hydrogens is 340 g/mol. The van der Waals surface area contributed by atoms with Crippen LogP contribution in [0.1, 0.15) is 40.0 Å². The average Bonchev–Trinajstić information content (AvgIpc) is 3.14. The van der Waals surface area contributed by atoms with Crippen molar-refractivity contribution in [3.63, 3.8) is 0 Å². The molecule has 1 aromatic rings. The fraction of sp³-hybridized carbons (Fsp3) is 0.750. The number of Topliss-reactive ketones (excluding diaryl/α,β-unsaturated/α-hetero) is 1. The second-order valence-electron chi connectivity index (χ2n) is 8.58. The molecule has 3 rings (SSSR count). The predicted molar refractivity (Wildman–Crippen MR) is 93.0 cm³/mol. The van der Waals surface area contributed by atoms with Gasteiger partial charge in [0.2, 0.25) is 5.78 Å². The number of nitrogens with zero attached hydrogens (tertiary/aromatic N) is 2. The molecule has 10 heteroatoms. The molecule has 1 saturated carbocycles. The topological polar surface area (TPSA) is 132 Å². The van der Waals surface area contributed by atoms with Gasteiger partial charge in [-0.1, -0.05) is 20.8 Å². The smallest absolute Gasteiger partial charge is 0.294 e. The molecule has 0 aromatic carbocycles. The number of hydrogen-bond acceptors (Lipinski definition) is 7. The van der Waals surface area contributed by atoms with Gasteiger partial charge in [-0.05, 0) is 30.1 Å². The molecular formula is C16H26N6O4. The van der Waals surface area contributed by atoms with E-state index in [0.717, 1.165) is 12.8 Å². The largest absolute Gasteiger partial charge is 0.344 e. The maximum Gasteiger partial charge on any atom is 0.344 e. The van der Waals surface area contributed by atoms with Crippen molar-refractivity contribution in [1.29, 1.82) is 0 Å². The first-order valence-electron chi connectivity index (χ1n) is 8.75. The Morgan fingerprint density at radius 1 is 1.19 bits per heavy atom. The van der Waals surface area contributed by atoms with Crippen LogP contribution in [-0.4, -0.2) is 50.6 Å². The summed E-state index contributed by atoms with van der Waals surface area (Å²) < 4.78 is 1.19. The number of carbonyl (C=O) groups is 2. The van der Waals surface area contributed by atoms with Crippen LogP contribution in [0.3, 0.4) is 0 Å². The van der Waals surface area contributed by atoms with Gasteiger partial charge in [0, 0.05) is 12.6 Å². The summed E-state index contributed by atoms with van der Waals surface area (Å²) in [6, 6.07) is 0.0360. The van der Waals surface area contributed by atoms with Crippen molar-refractivity contribution in [3.8, 4) is 0 Å². The minimum atomic E-state index is -0.686. The van der Waals surface area contributed by atoms with Gasteiger partial charge in [-0.2, -0.15) is 0 Å². The highest BCUT2D eigenvalue weighted by Crippen LogP contribution is 2.48. The summed E-state index contributed by atoms with van der Waals surface area (Å²) in [6.45, 7) is 7.11. The second kappa shape index (κ2) is 6.60. The highest BCUT2D eigenvalue weighted by Gasteiger charge is 2.46. The Bertz CT molecular complexity index is 781. The number of nitrogens with one attached hydrogen (secondary N) is 4.